The van der Waals surface area contributed by atoms with E-state index in [2.05, 4.69) is 10.2 Å². The Morgan fingerprint density at radius 3 is 1.78 bits per heavy atom. The highest BCUT2D eigenvalue weighted by Crippen LogP contribution is 2.28. The Morgan fingerprint density at radius 1 is 0.805 bits per heavy atom. The number of aromatic nitrogens is 2. The largest absolute Gasteiger partial charge is 0.493 e. The maximum Gasteiger partial charge on any atom is 0.357 e. The first kappa shape index (κ1) is 28.8. The minimum Gasteiger partial charge on any atom is -0.493 e. The Kier molecular flexibility index (Phi) is 7.33. The van der Waals surface area contributed by atoms with Crippen molar-refractivity contribution in [1.29, 1.82) is 0 Å². The average Bonchev–Trinajstić information content (AvgIpc) is 3.40. The maximum absolute atomic E-state index is 12.9. The molecule has 212 valence electrons. The van der Waals surface area contributed by atoms with Crippen LogP contribution < -0.4 is 5.01 Å². The Bertz CT molecular complexity index is 1910. The maximum atomic E-state index is 12.9. The number of carbonyl (C=O) groups excluding carboxylic acids is 1. The molecular weight excluding hydrogens is 588 g/mol. The van der Waals surface area contributed by atoms with Gasteiger partial charge in [-0.2, -0.15) is 36.7 Å². The highest BCUT2D eigenvalue weighted by Gasteiger charge is 2.35. The van der Waals surface area contributed by atoms with E-state index in [9.17, 15) is 46.5 Å². The zero-order chi connectivity index (χ0) is 30.3. The third-order valence-electron chi connectivity index (χ3n) is 5.46. The lowest BCUT2D eigenvalue weighted by Crippen LogP contribution is -2.22. The number of aliphatic carboxylic acids is 1. The summed E-state index contributed by atoms with van der Waals surface area (Å²) in [7, 11) is -9.04. The highest BCUT2D eigenvalue weighted by molar-refractivity contribution is 7.86. The Labute approximate surface area is 229 Å². The monoisotopic (exact) mass is 604 g/mol. The summed E-state index contributed by atoms with van der Waals surface area (Å²) in [5, 5.41) is 37.9. The minimum absolute atomic E-state index is 0.0253. The quantitative estimate of drug-likeness (QED) is 0.179. The van der Waals surface area contributed by atoms with E-state index in [0.29, 0.717) is 5.01 Å². The van der Waals surface area contributed by atoms with Gasteiger partial charge in [0.1, 0.15) is 0 Å². The van der Waals surface area contributed by atoms with Crippen LogP contribution in [0.5, 0.6) is 5.88 Å². The van der Waals surface area contributed by atoms with Gasteiger partial charge >= 0.3 is 11.9 Å². The normalized spacial score (nSPS) is 15.1. The fraction of sp³-hybridized carbons (Fsp3) is 0. The molecule has 1 amide bonds. The average molecular weight is 605 g/mol. The van der Waals surface area contributed by atoms with Crippen molar-refractivity contribution < 1.29 is 55.6 Å². The molecular formula is C23H16N4O12S2. The molecule has 0 bridgehead atoms. The van der Waals surface area contributed by atoms with Crippen LogP contribution in [-0.4, -0.2) is 74.6 Å². The second kappa shape index (κ2) is 10.4. The lowest BCUT2D eigenvalue weighted by Gasteiger charge is -2.11. The fourth-order valence-corrected chi connectivity index (χ4v) is 4.53. The smallest absolute Gasteiger partial charge is 0.357 e. The van der Waals surface area contributed by atoms with Gasteiger partial charge in [-0.05, 0) is 60.7 Å². The van der Waals surface area contributed by atoms with Crippen LogP contribution in [0.15, 0.2) is 81.1 Å². The summed E-state index contributed by atoms with van der Waals surface area (Å²) in [6.07, 6.45) is 3.08. The molecule has 41 heavy (non-hydrogen) atoms. The van der Waals surface area contributed by atoms with Gasteiger partial charge in [0, 0.05) is 0 Å². The number of hydrazone groups is 1. The molecule has 0 unspecified atom stereocenters. The molecule has 5 N–H and O–H groups in total. The van der Waals surface area contributed by atoms with Crippen LogP contribution in [0.4, 0.5) is 5.69 Å². The van der Waals surface area contributed by atoms with Crippen LogP contribution in [-0.2, 0) is 29.8 Å². The van der Waals surface area contributed by atoms with Crippen molar-refractivity contribution in [2.45, 2.75) is 9.79 Å². The number of anilines is 1. The Balaban J connectivity index is 1.69. The zero-order valence-corrected chi connectivity index (χ0v) is 21.7. The molecule has 0 saturated carbocycles. The van der Waals surface area contributed by atoms with Gasteiger partial charge in [0.15, 0.2) is 11.4 Å². The van der Waals surface area contributed by atoms with Gasteiger partial charge in [-0.1, -0.05) is 6.08 Å². The number of carboxylic acid groups (broad SMARTS) is 2. The lowest BCUT2D eigenvalue weighted by atomic mass is 10.1. The van der Waals surface area contributed by atoms with Gasteiger partial charge in [0.25, 0.3) is 26.1 Å². The minimum atomic E-state index is -4.52. The van der Waals surface area contributed by atoms with Gasteiger partial charge in [-0.25, -0.2) is 9.59 Å². The zero-order valence-electron chi connectivity index (χ0n) is 20.1. The van der Waals surface area contributed by atoms with Gasteiger partial charge in [0.05, 0.1) is 32.3 Å². The van der Waals surface area contributed by atoms with E-state index in [1.807, 2.05) is 0 Å². The van der Waals surface area contributed by atoms with E-state index in [1.54, 1.807) is 0 Å². The number of benzene rings is 2. The second-order valence-electron chi connectivity index (χ2n) is 8.05. The van der Waals surface area contributed by atoms with Gasteiger partial charge < -0.3 is 15.3 Å². The molecule has 0 atom stereocenters. The first-order valence-corrected chi connectivity index (χ1v) is 13.7. The van der Waals surface area contributed by atoms with E-state index < -0.39 is 70.7 Å². The summed E-state index contributed by atoms with van der Waals surface area (Å²) < 4.78 is 64.0. The molecule has 18 heteroatoms. The molecule has 1 aliphatic heterocycles. The van der Waals surface area contributed by atoms with E-state index in [0.717, 1.165) is 71.4 Å². The number of aromatic carboxylic acids is 1. The molecule has 0 fully saturated rings. The van der Waals surface area contributed by atoms with Crippen molar-refractivity contribution in [3.63, 3.8) is 0 Å². The SMILES string of the molecule is O=C(O)C1=NN(c2ccc(S(=O)(=O)O)cc2)C(=O)/C1=C\C=C/c1c(C(=O)O)nn(-c2ccc(S(=O)(=O)O)cc2)c1O. The van der Waals surface area contributed by atoms with Crippen molar-refractivity contribution in [1.82, 2.24) is 9.78 Å². The fourth-order valence-electron chi connectivity index (χ4n) is 3.57. The molecule has 16 nitrogen and oxygen atoms in total. The molecule has 2 heterocycles. The molecule has 4 rings (SSSR count). The summed E-state index contributed by atoms with van der Waals surface area (Å²) in [6, 6.07) is 8.42. The van der Waals surface area contributed by atoms with E-state index >= 15 is 0 Å². The summed E-state index contributed by atoms with van der Waals surface area (Å²) in [5.74, 6) is -4.80. The Morgan fingerprint density at radius 2 is 1.32 bits per heavy atom. The summed E-state index contributed by atoms with van der Waals surface area (Å²) >= 11 is 0. The van der Waals surface area contributed by atoms with E-state index in [1.165, 1.54) is 0 Å². The summed E-state index contributed by atoms with van der Waals surface area (Å²) in [5.41, 5.74) is -2.16. The molecule has 1 aromatic heterocycles. The molecule has 0 radical (unpaired) electrons. The van der Waals surface area contributed by atoms with Crippen LogP contribution in [0, 0.1) is 0 Å². The number of nitrogens with zero attached hydrogens (tertiary/aromatic N) is 4. The number of rotatable bonds is 8. The van der Waals surface area contributed by atoms with Crippen LogP contribution in [0.2, 0.25) is 0 Å². The van der Waals surface area contributed by atoms with Crippen molar-refractivity contribution >= 4 is 55.6 Å². The van der Waals surface area contributed by atoms with Crippen molar-refractivity contribution in [3.8, 4) is 11.6 Å². The first-order valence-electron chi connectivity index (χ1n) is 10.9. The number of amides is 1. The lowest BCUT2D eigenvalue weighted by molar-refractivity contribution is -0.129. The topological polar surface area (TPSA) is 254 Å². The number of hydrogen-bond donors (Lipinski definition) is 5. The van der Waals surface area contributed by atoms with E-state index in [-0.39, 0.29) is 16.9 Å². The predicted molar refractivity (Wildman–Crippen MR) is 138 cm³/mol. The van der Waals surface area contributed by atoms with E-state index in [4.69, 9.17) is 9.11 Å². The highest BCUT2D eigenvalue weighted by atomic mass is 32.2. The number of allylic oxidation sites excluding steroid dienone is 2. The molecule has 3 aromatic rings. The Hall–Kier alpha value is -5.17. The van der Waals surface area contributed by atoms with Crippen LogP contribution >= 0.6 is 0 Å². The van der Waals surface area contributed by atoms with Crippen LogP contribution in [0.25, 0.3) is 11.8 Å². The number of carboxylic acids is 2. The number of aromatic hydroxyl groups is 1. The van der Waals surface area contributed by atoms with Crippen molar-refractivity contribution in [2.24, 2.45) is 5.10 Å². The molecule has 0 spiro atoms. The number of carbonyl (C=O) groups is 3. The second-order valence-corrected chi connectivity index (χ2v) is 10.9. The first-order chi connectivity index (χ1) is 19.1. The third-order valence-corrected chi connectivity index (χ3v) is 7.20. The molecule has 0 aliphatic carbocycles. The van der Waals surface area contributed by atoms with Gasteiger partial charge in [-0.15, -0.1) is 0 Å². The predicted octanol–water partition coefficient (Wildman–Crippen LogP) is 1.20. The van der Waals surface area contributed by atoms with Crippen LogP contribution in [0.3, 0.4) is 0 Å². The van der Waals surface area contributed by atoms with Crippen molar-refractivity contribution in [2.75, 3.05) is 5.01 Å². The standard InChI is InChI=1S/C23H16N4O12S2/c28-20-16(18(22(30)31)24-26(20)12-4-8-14(9-5-12)40(34,35)36)2-1-3-17-19(23(32)33)25-27(21(17)29)13-6-10-15(11-7-13)41(37,38)39/h1-11,28H,(H,30,31)(H,32,33)(H,34,35,36)(H,37,38,39)/b2-1-,17-3-. The third kappa shape index (κ3) is 5.75. The molecule has 1 aliphatic rings. The van der Waals surface area contributed by atoms with Gasteiger partial charge in [0.2, 0.25) is 5.88 Å². The summed E-state index contributed by atoms with van der Waals surface area (Å²) in [6.45, 7) is 0. The summed E-state index contributed by atoms with van der Waals surface area (Å²) in [4.78, 5) is 35.5. The number of hydrogen-bond acceptors (Lipinski definition) is 10. The van der Waals surface area contributed by atoms with Crippen LogP contribution in [0.1, 0.15) is 16.1 Å². The van der Waals surface area contributed by atoms with Gasteiger partial charge in [-0.3, -0.25) is 13.9 Å². The van der Waals surface area contributed by atoms with Crippen molar-refractivity contribution in [3.05, 3.63) is 77.5 Å². The molecule has 0 saturated heterocycles. The molecule has 2 aromatic carbocycles.